The number of amides is 1. The SMILES string of the molecule is CC(Cl)C(=O)N1CCC(Cn2c(C(F)(F)F)nc3ccccc32)CC1. The lowest BCUT2D eigenvalue weighted by Gasteiger charge is -2.33. The van der Waals surface area contributed by atoms with Crippen molar-refractivity contribution < 1.29 is 18.0 Å². The van der Waals surface area contributed by atoms with Gasteiger partial charge in [-0.25, -0.2) is 4.98 Å². The number of imidazole rings is 1. The second-order valence-electron chi connectivity index (χ2n) is 6.42. The van der Waals surface area contributed by atoms with Crippen molar-refractivity contribution in [1.29, 1.82) is 0 Å². The maximum absolute atomic E-state index is 13.3. The molecule has 1 aliphatic rings. The predicted octanol–water partition coefficient (Wildman–Crippen LogP) is 3.92. The first-order valence-electron chi connectivity index (χ1n) is 8.22. The van der Waals surface area contributed by atoms with E-state index in [2.05, 4.69) is 4.98 Å². The van der Waals surface area contributed by atoms with Gasteiger partial charge in [0.1, 0.15) is 5.38 Å². The molecular weight excluding hydrogens is 355 g/mol. The fraction of sp³-hybridized carbons (Fsp3) is 0.529. The molecule has 136 valence electrons. The monoisotopic (exact) mass is 373 g/mol. The van der Waals surface area contributed by atoms with Crippen LogP contribution in [0.3, 0.4) is 0 Å². The van der Waals surface area contributed by atoms with Crippen LogP contribution in [0.25, 0.3) is 11.0 Å². The number of hydrogen-bond donors (Lipinski definition) is 0. The Bertz CT molecular complexity index is 764. The number of carbonyl (C=O) groups excluding carboxylic acids is 1. The first-order chi connectivity index (χ1) is 11.8. The Labute approximate surface area is 148 Å². The number of alkyl halides is 4. The standard InChI is InChI=1S/C17H19ClF3N3O/c1-11(18)15(25)23-8-6-12(7-9-23)10-24-14-5-3-2-4-13(14)22-16(24)17(19,20)21/h2-5,11-12H,6-10H2,1H3. The highest BCUT2D eigenvalue weighted by molar-refractivity contribution is 6.30. The van der Waals surface area contributed by atoms with Crippen molar-refractivity contribution in [2.45, 2.75) is 37.9 Å². The number of piperidine rings is 1. The molecule has 2 aromatic rings. The van der Waals surface area contributed by atoms with Crippen LogP contribution in [0.1, 0.15) is 25.6 Å². The van der Waals surface area contributed by atoms with E-state index in [9.17, 15) is 18.0 Å². The summed E-state index contributed by atoms with van der Waals surface area (Å²) < 4.78 is 41.3. The fourth-order valence-corrected chi connectivity index (χ4v) is 3.46. The summed E-state index contributed by atoms with van der Waals surface area (Å²) in [6.07, 6.45) is -3.19. The molecule has 1 aromatic carbocycles. The minimum atomic E-state index is -4.50. The number of para-hydroxylation sites is 2. The maximum Gasteiger partial charge on any atom is 0.449 e. The summed E-state index contributed by atoms with van der Waals surface area (Å²) in [5.41, 5.74) is 0.834. The Morgan fingerprint density at radius 3 is 2.56 bits per heavy atom. The van der Waals surface area contributed by atoms with E-state index in [4.69, 9.17) is 11.6 Å². The van der Waals surface area contributed by atoms with Gasteiger partial charge < -0.3 is 9.47 Å². The maximum atomic E-state index is 13.3. The van der Waals surface area contributed by atoms with Gasteiger partial charge in [-0.1, -0.05) is 12.1 Å². The van der Waals surface area contributed by atoms with Gasteiger partial charge in [0, 0.05) is 19.6 Å². The Kier molecular flexibility index (Phi) is 4.95. The molecule has 0 radical (unpaired) electrons. The Balaban J connectivity index is 1.79. The summed E-state index contributed by atoms with van der Waals surface area (Å²) in [5.74, 6) is -0.917. The minimum absolute atomic E-state index is 0.0633. The molecular formula is C17H19ClF3N3O. The van der Waals surface area contributed by atoms with Crippen molar-refractivity contribution >= 4 is 28.5 Å². The highest BCUT2D eigenvalue weighted by atomic mass is 35.5. The molecule has 25 heavy (non-hydrogen) atoms. The largest absolute Gasteiger partial charge is 0.449 e. The summed E-state index contributed by atoms with van der Waals surface area (Å²) in [7, 11) is 0. The van der Waals surface area contributed by atoms with Crippen LogP contribution in [0.15, 0.2) is 24.3 Å². The van der Waals surface area contributed by atoms with Crippen LogP contribution in [0.5, 0.6) is 0 Å². The van der Waals surface area contributed by atoms with Gasteiger partial charge in [0.15, 0.2) is 0 Å². The van der Waals surface area contributed by atoms with E-state index < -0.39 is 17.4 Å². The minimum Gasteiger partial charge on any atom is -0.341 e. The molecule has 4 nitrogen and oxygen atoms in total. The zero-order chi connectivity index (χ0) is 18.2. The molecule has 8 heteroatoms. The smallest absolute Gasteiger partial charge is 0.341 e. The zero-order valence-electron chi connectivity index (χ0n) is 13.8. The quantitative estimate of drug-likeness (QED) is 0.765. The molecule has 1 saturated heterocycles. The van der Waals surface area contributed by atoms with Crippen molar-refractivity contribution in [2.75, 3.05) is 13.1 Å². The van der Waals surface area contributed by atoms with Crippen molar-refractivity contribution in [1.82, 2.24) is 14.5 Å². The Hall–Kier alpha value is -1.76. The molecule has 0 bridgehead atoms. The van der Waals surface area contributed by atoms with E-state index in [1.165, 1.54) is 4.57 Å². The summed E-state index contributed by atoms with van der Waals surface area (Å²) in [4.78, 5) is 17.4. The average Bonchev–Trinajstić information content (AvgIpc) is 2.94. The molecule has 0 spiro atoms. The van der Waals surface area contributed by atoms with Gasteiger partial charge in [-0.3, -0.25) is 4.79 Å². The number of benzene rings is 1. The number of aromatic nitrogens is 2. The second kappa shape index (κ2) is 6.86. The average molecular weight is 374 g/mol. The second-order valence-corrected chi connectivity index (χ2v) is 7.07. The van der Waals surface area contributed by atoms with E-state index in [1.807, 2.05) is 0 Å². The number of nitrogens with zero attached hydrogens (tertiary/aromatic N) is 3. The van der Waals surface area contributed by atoms with Gasteiger partial charge in [0.2, 0.25) is 11.7 Å². The van der Waals surface area contributed by atoms with Crippen LogP contribution >= 0.6 is 11.6 Å². The topological polar surface area (TPSA) is 38.1 Å². The van der Waals surface area contributed by atoms with E-state index in [1.54, 1.807) is 36.1 Å². The number of fused-ring (bicyclic) bond motifs is 1. The van der Waals surface area contributed by atoms with Gasteiger partial charge in [-0.2, -0.15) is 13.2 Å². The van der Waals surface area contributed by atoms with Crippen molar-refractivity contribution in [2.24, 2.45) is 5.92 Å². The molecule has 1 atom stereocenters. The molecule has 1 amide bonds. The number of carbonyl (C=O) groups is 1. The molecule has 1 aliphatic heterocycles. The first-order valence-corrected chi connectivity index (χ1v) is 8.66. The normalized spacial score (nSPS) is 17.9. The summed E-state index contributed by atoms with van der Waals surface area (Å²) in [6, 6.07) is 6.64. The van der Waals surface area contributed by atoms with Crippen molar-refractivity contribution in [3.8, 4) is 0 Å². The molecule has 0 saturated carbocycles. The van der Waals surface area contributed by atoms with Gasteiger partial charge in [0.25, 0.3) is 0 Å². The van der Waals surface area contributed by atoms with Crippen molar-refractivity contribution in [3.05, 3.63) is 30.1 Å². The molecule has 0 N–H and O–H groups in total. The van der Waals surface area contributed by atoms with Crippen LogP contribution in [0, 0.1) is 5.92 Å². The van der Waals surface area contributed by atoms with Gasteiger partial charge in [0.05, 0.1) is 11.0 Å². The molecule has 1 unspecified atom stereocenters. The van der Waals surface area contributed by atoms with Crippen LogP contribution in [-0.4, -0.2) is 38.8 Å². The Morgan fingerprint density at radius 2 is 1.96 bits per heavy atom. The van der Waals surface area contributed by atoms with Crippen LogP contribution in [0.4, 0.5) is 13.2 Å². The van der Waals surface area contributed by atoms with E-state index >= 15 is 0 Å². The van der Waals surface area contributed by atoms with Crippen LogP contribution in [-0.2, 0) is 17.5 Å². The zero-order valence-corrected chi connectivity index (χ0v) is 14.5. The Morgan fingerprint density at radius 1 is 1.32 bits per heavy atom. The lowest BCUT2D eigenvalue weighted by molar-refractivity contribution is -0.147. The summed E-state index contributed by atoms with van der Waals surface area (Å²) >= 11 is 5.82. The highest BCUT2D eigenvalue weighted by Gasteiger charge is 2.38. The molecule has 2 heterocycles. The number of hydrogen-bond acceptors (Lipinski definition) is 2. The van der Waals surface area contributed by atoms with E-state index in [0.29, 0.717) is 37.0 Å². The third kappa shape index (κ3) is 3.76. The predicted molar refractivity (Wildman–Crippen MR) is 89.4 cm³/mol. The molecule has 0 aliphatic carbocycles. The number of likely N-dealkylation sites (tertiary alicyclic amines) is 1. The van der Waals surface area contributed by atoms with Gasteiger partial charge >= 0.3 is 6.18 Å². The number of rotatable bonds is 3. The van der Waals surface area contributed by atoms with E-state index in [-0.39, 0.29) is 18.4 Å². The van der Waals surface area contributed by atoms with Gasteiger partial charge in [-0.05, 0) is 37.8 Å². The van der Waals surface area contributed by atoms with Crippen LogP contribution in [0.2, 0.25) is 0 Å². The van der Waals surface area contributed by atoms with E-state index in [0.717, 1.165) is 0 Å². The molecule has 1 aromatic heterocycles. The lowest BCUT2D eigenvalue weighted by Crippen LogP contribution is -2.42. The third-order valence-corrected chi connectivity index (χ3v) is 4.80. The van der Waals surface area contributed by atoms with Gasteiger partial charge in [-0.15, -0.1) is 11.6 Å². The fourth-order valence-electron chi connectivity index (χ4n) is 3.32. The third-order valence-electron chi connectivity index (χ3n) is 4.62. The number of halogens is 4. The van der Waals surface area contributed by atoms with Crippen LogP contribution < -0.4 is 0 Å². The molecule has 3 rings (SSSR count). The molecule has 1 fully saturated rings. The highest BCUT2D eigenvalue weighted by Crippen LogP contribution is 2.33. The first kappa shape index (κ1) is 18.0. The lowest BCUT2D eigenvalue weighted by atomic mass is 9.96. The van der Waals surface area contributed by atoms with Crippen molar-refractivity contribution in [3.63, 3.8) is 0 Å². The summed E-state index contributed by atoms with van der Waals surface area (Å²) in [6.45, 7) is 2.92. The summed E-state index contributed by atoms with van der Waals surface area (Å²) in [5, 5.41) is -0.578.